The third kappa shape index (κ3) is 8.28. The number of hydrogen-bond acceptors (Lipinski definition) is 5. The number of allylic oxidation sites excluding steroid dienone is 1. The molecule has 3 aromatic rings. The maximum atomic E-state index is 15.1. The van der Waals surface area contributed by atoms with E-state index in [0.29, 0.717) is 28.1 Å². The van der Waals surface area contributed by atoms with Gasteiger partial charge in [-0.2, -0.15) is 14.9 Å². The van der Waals surface area contributed by atoms with Crippen molar-refractivity contribution >= 4 is 58.6 Å². The number of hydrogen-bond donors (Lipinski definition) is 1. The maximum absolute atomic E-state index is 15.1. The molecule has 0 aliphatic rings. The highest BCUT2D eigenvalue weighted by molar-refractivity contribution is 6.33. The van der Waals surface area contributed by atoms with Gasteiger partial charge in [0.05, 0.1) is 16.9 Å². The van der Waals surface area contributed by atoms with Gasteiger partial charge in [-0.05, 0) is 57.6 Å². The molecule has 0 spiro atoms. The average Bonchev–Trinajstić information content (AvgIpc) is 3.41. The monoisotopic (exact) mass is 577 g/mol. The first-order chi connectivity index (χ1) is 18.3. The number of aryl methyl sites for hydroxylation is 1. The van der Waals surface area contributed by atoms with Gasteiger partial charge in [-0.15, -0.1) is 11.6 Å². The topological polar surface area (TPSA) is 91.0 Å². The van der Waals surface area contributed by atoms with Crippen LogP contribution in [0.2, 0.25) is 5.02 Å². The number of rotatable bonds is 6. The third-order valence-electron chi connectivity index (χ3n) is 4.90. The molecule has 39 heavy (non-hydrogen) atoms. The Morgan fingerprint density at radius 1 is 1.26 bits per heavy atom. The van der Waals surface area contributed by atoms with Crippen LogP contribution < -0.4 is 5.32 Å². The summed E-state index contributed by atoms with van der Waals surface area (Å²) in [7, 11) is 1.75. The lowest BCUT2D eigenvalue weighted by molar-refractivity contribution is -0.113. The van der Waals surface area contributed by atoms with Crippen LogP contribution >= 0.6 is 23.2 Å². The molecule has 0 atom stereocenters. The number of carbonyl (C=O) groups excluding carboxylic acids is 2. The maximum Gasteiger partial charge on any atom is 0.435 e. The summed E-state index contributed by atoms with van der Waals surface area (Å²) in [6.07, 6.45) is 7.03. The second-order valence-corrected chi connectivity index (χ2v) is 10.4. The van der Waals surface area contributed by atoms with Crippen LogP contribution in [0.15, 0.2) is 31.1 Å². The Morgan fingerprint density at radius 3 is 2.38 bits per heavy atom. The molecule has 8 nitrogen and oxygen atoms in total. The first kappa shape index (κ1) is 31.8. The summed E-state index contributed by atoms with van der Waals surface area (Å²) in [5.41, 5.74) is 1.90. The van der Waals surface area contributed by atoms with Crippen molar-refractivity contribution in [2.75, 3.05) is 11.2 Å². The molecule has 0 saturated carbocycles. The van der Waals surface area contributed by atoms with E-state index in [4.69, 9.17) is 27.9 Å². The van der Waals surface area contributed by atoms with Crippen LogP contribution in [0, 0.1) is 5.82 Å². The molecule has 1 N–H and O–H groups in total. The van der Waals surface area contributed by atoms with E-state index < -0.39 is 23.4 Å². The molecule has 0 bridgehead atoms. The van der Waals surface area contributed by atoms with Crippen LogP contribution in [0.1, 0.15) is 64.8 Å². The van der Waals surface area contributed by atoms with E-state index >= 15 is 4.39 Å². The Labute approximate surface area is 238 Å². The minimum Gasteiger partial charge on any atom is -0.442 e. The lowest BCUT2D eigenvalue weighted by atomic mass is 10.0. The van der Waals surface area contributed by atoms with Crippen molar-refractivity contribution in [3.63, 3.8) is 0 Å². The van der Waals surface area contributed by atoms with E-state index in [1.54, 1.807) is 57.9 Å². The molecule has 2 aromatic heterocycles. The third-order valence-corrected chi connectivity index (χ3v) is 5.44. The van der Waals surface area contributed by atoms with Gasteiger partial charge in [0.25, 0.3) is 0 Å². The molecule has 0 fully saturated rings. The number of carbonyl (C=O) groups is 2. The van der Waals surface area contributed by atoms with Crippen LogP contribution in [0.3, 0.4) is 0 Å². The van der Waals surface area contributed by atoms with Crippen molar-refractivity contribution in [1.82, 2.24) is 19.6 Å². The van der Waals surface area contributed by atoms with Crippen molar-refractivity contribution in [2.24, 2.45) is 7.05 Å². The Balaban J connectivity index is 0.00000170. The highest BCUT2D eigenvalue weighted by atomic mass is 35.5. The predicted molar refractivity (Wildman–Crippen MR) is 156 cm³/mol. The number of nitrogens with zero attached hydrogens (tertiary/aromatic N) is 4. The van der Waals surface area contributed by atoms with E-state index in [-0.39, 0.29) is 22.2 Å². The van der Waals surface area contributed by atoms with Gasteiger partial charge in [-0.1, -0.05) is 38.4 Å². The predicted octanol–water partition coefficient (Wildman–Crippen LogP) is 7.66. The molecular formula is C28H34Cl2FN5O3. The fourth-order valence-electron chi connectivity index (χ4n) is 3.49. The Hall–Kier alpha value is -3.43. The van der Waals surface area contributed by atoms with Crippen molar-refractivity contribution in [2.45, 2.75) is 53.6 Å². The molecule has 11 heteroatoms. The second-order valence-electron chi connectivity index (χ2n) is 9.68. The van der Waals surface area contributed by atoms with Gasteiger partial charge in [-0.25, -0.2) is 9.18 Å². The number of aromatic nitrogens is 4. The summed E-state index contributed by atoms with van der Waals surface area (Å²) in [4.78, 5) is 24.5. The van der Waals surface area contributed by atoms with Crippen LogP contribution in [-0.4, -0.2) is 43.0 Å². The standard InChI is InChI=1S/C25H26Cl2FN5O3.C3H8/c1-7-20-17(8-14(2)22-18(27)9-16(10-19(22)28)30-21(34)11-26)23(15-12-29-32(6)13-15)31-33(20)24(35)36-25(3,4)5;1-3-2/h7-10,12-13H,1,11H2,2-6H3,(H,30,34);3H2,1-2H3/b14-8+;. The van der Waals surface area contributed by atoms with E-state index in [1.165, 1.54) is 18.6 Å². The molecule has 210 valence electrons. The average molecular weight is 579 g/mol. The highest BCUT2D eigenvalue weighted by Gasteiger charge is 2.25. The normalized spacial score (nSPS) is 11.5. The molecule has 1 aromatic carbocycles. The van der Waals surface area contributed by atoms with E-state index in [9.17, 15) is 9.59 Å². The Bertz CT molecular complexity index is 1360. The number of amides is 1. The van der Waals surface area contributed by atoms with E-state index in [1.807, 2.05) is 0 Å². The summed E-state index contributed by atoms with van der Waals surface area (Å²) >= 11 is 11.9. The number of alkyl halides is 1. The number of ether oxygens (including phenoxy) is 1. The Kier molecular flexibility index (Phi) is 11.1. The molecule has 0 radical (unpaired) electrons. The van der Waals surface area contributed by atoms with Crippen LogP contribution in [0.4, 0.5) is 14.9 Å². The number of anilines is 1. The zero-order valence-corrected chi connectivity index (χ0v) is 24.7. The van der Waals surface area contributed by atoms with Crippen molar-refractivity contribution in [1.29, 1.82) is 0 Å². The molecule has 1 amide bonds. The van der Waals surface area contributed by atoms with E-state index in [2.05, 4.69) is 35.9 Å². The summed E-state index contributed by atoms with van der Waals surface area (Å²) in [6, 6.07) is 2.59. The largest absolute Gasteiger partial charge is 0.442 e. The zero-order valence-electron chi connectivity index (χ0n) is 23.2. The van der Waals surface area contributed by atoms with Crippen molar-refractivity contribution < 1.29 is 18.7 Å². The molecular weight excluding hydrogens is 544 g/mol. The summed E-state index contributed by atoms with van der Waals surface area (Å²) in [5, 5.41) is 11.2. The minimum atomic E-state index is -0.751. The second kappa shape index (κ2) is 13.6. The van der Waals surface area contributed by atoms with Crippen molar-refractivity contribution in [3.8, 4) is 11.3 Å². The molecule has 0 saturated heterocycles. The van der Waals surface area contributed by atoms with Gasteiger partial charge >= 0.3 is 6.09 Å². The fourth-order valence-corrected chi connectivity index (χ4v) is 3.91. The van der Waals surface area contributed by atoms with Crippen LogP contribution in [0.25, 0.3) is 29.0 Å². The number of benzene rings is 1. The minimum absolute atomic E-state index is 0.0798. The molecule has 0 aliphatic carbocycles. The summed E-state index contributed by atoms with van der Waals surface area (Å²) < 4.78 is 23.3. The molecule has 2 heterocycles. The van der Waals surface area contributed by atoms with Crippen LogP contribution in [-0.2, 0) is 16.6 Å². The lowest BCUT2D eigenvalue weighted by Crippen LogP contribution is -2.28. The lowest BCUT2D eigenvalue weighted by Gasteiger charge is -2.19. The first-order valence-corrected chi connectivity index (χ1v) is 13.2. The molecule has 0 aliphatic heterocycles. The zero-order chi connectivity index (χ0) is 29.5. The Morgan fingerprint density at radius 2 is 1.90 bits per heavy atom. The summed E-state index contributed by atoms with van der Waals surface area (Å²) in [6.45, 7) is 15.0. The SMILES string of the molecule is C=Cc1c(/C=C(\C)c2c(F)cc(NC(=O)CCl)cc2Cl)c(-c2cnn(C)c2)nn1C(=O)OC(C)(C)C.CCC. The molecule has 0 unspecified atom stereocenters. The fraction of sp³-hybridized carbons (Fsp3) is 0.357. The first-order valence-electron chi connectivity index (χ1n) is 12.3. The molecule has 3 rings (SSSR count). The number of nitrogens with one attached hydrogen (secondary N) is 1. The van der Waals surface area contributed by atoms with Gasteiger partial charge < -0.3 is 10.1 Å². The summed E-state index contributed by atoms with van der Waals surface area (Å²) in [5.74, 6) is -1.41. The van der Waals surface area contributed by atoms with Crippen molar-refractivity contribution in [3.05, 3.63) is 58.8 Å². The van der Waals surface area contributed by atoms with Gasteiger partial charge in [0, 0.05) is 35.6 Å². The van der Waals surface area contributed by atoms with Crippen LogP contribution in [0.5, 0.6) is 0 Å². The van der Waals surface area contributed by atoms with Gasteiger partial charge in [0.1, 0.15) is 23.0 Å². The van der Waals surface area contributed by atoms with Gasteiger partial charge in [-0.3, -0.25) is 9.48 Å². The highest BCUT2D eigenvalue weighted by Crippen LogP contribution is 2.35. The quantitative estimate of drug-likeness (QED) is 0.303. The van der Waals surface area contributed by atoms with Gasteiger partial charge in [0.2, 0.25) is 5.91 Å². The number of halogens is 3. The smallest absolute Gasteiger partial charge is 0.435 e. The van der Waals surface area contributed by atoms with Gasteiger partial charge in [0.15, 0.2) is 0 Å². The van der Waals surface area contributed by atoms with E-state index in [0.717, 1.165) is 10.7 Å².